The van der Waals surface area contributed by atoms with Gasteiger partial charge in [-0.05, 0) is 38.1 Å². The first-order chi connectivity index (χ1) is 12.0. The van der Waals surface area contributed by atoms with E-state index in [2.05, 4.69) is 0 Å². The molecule has 0 bridgehead atoms. The molecule has 0 unspecified atom stereocenters. The van der Waals surface area contributed by atoms with Gasteiger partial charge in [0.05, 0.1) is 25.3 Å². The Morgan fingerprint density at radius 3 is 1.48 bits per heavy atom. The maximum Gasteiger partial charge on any atom is 0.275 e. The molecule has 0 aliphatic carbocycles. The molecule has 0 atom stereocenters. The molecule has 25 heavy (non-hydrogen) atoms. The van der Waals surface area contributed by atoms with Gasteiger partial charge in [0.2, 0.25) is 0 Å². The first kappa shape index (κ1) is 18.7. The Hall–Kier alpha value is -2.59. The summed E-state index contributed by atoms with van der Waals surface area (Å²) in [6, 6.07) is 9.86. The van der Waals surface area contributed by atoms with E-state index in [1.807, 2.05) is 0 Å². The zero-order chi connectivity index (χ0) is 18.4. The summed E-state index contributed by atoms with van der Waals surface area (Å²) < 4.78 is 21.5. The highest BCUT2D eigenvalue weighted by Crippen LogP contribution is 2.34. The maximum absolute atomic E-state index is 11.7. The van der Waals surface area contributed by atoms with Crippen molar-refractivity contribution in [2.75, 3.05) is 14.2 Å². The molecular weight excluding hydrogens is 343 g/mol. The molecule has 132 valence electrons. The summed E-state index contributed by atoms with van der Waals surface area (Å²) >= 11 is 0. The molecule has 0 aliphatic heterocycles. The zero-order valence-corrected chi connectivity index (χ0v) is 15.4. The summed E-state index contributed by atoms with van der Waals surface area (Å²) in [6.07, 6.45) is 0. The predicted octanol–water partition coefficient (Wildman–Crippen LogP) is 4.08. The molecule has 0 spiro atoms. The van der Waals surface area contributed by atoms with E-state index in [9.17, 15) is 9.59 Å². The van der Waals surface area contributed by atoms with Gasteiger partial charge in [0.1, 0.15) is 23.0 Å². The van der Waals surface area contributed by atoms with Crippen molar-refractivity contribution in [3.8, 4) is 23.0 Å². The van der Waals surface area contributed by atoms with Crippen molar-refractivity contribution in [2.45, 2.75) is 13.8 Å². The summed E-state index contributed by atoms with van der Waals surface area (Å²) in [5, 5.41) is 0. The highest BCUT2D eigenvalue weighted by molar-refractivity contribution is 7.27. The lowest BCUT2D eigenvalue weighted by atomic mass is 10.1. The average Bonchev–Trinajstić information content (AvgIpc) is 2.60. The molecule has 7 heteroatoms. The van der Waals surface area contributed by atoms with Gasteiger partial charge in [-0.15, -0.1) is 0 Å². The molecule has 0 aliphatic rings. The normalized spacial score (nSPS) is 10.1. The zero-order valence-electron chi connectivity index (χ0n) is 14.4. The van der Waals surface area contributed by atoms with E-state index in [-0.39, 0.29) is 11.6 Å². The number of ether oxygens (including phenoxy) is 2. The van der Waals surface area contributed by atoms with Crippen LogP contribution >= 0.6 is 9.03 Å². The van der Waals surface area contributed by atoms with Crippen LogP contribution in [0.3, 0.4) is 0 Å². The van der Waals surface area contributed by atoms with E-state index < -0.39 is 9.03 Å². The Morgan fingerprint density at radius 1 is 0.760 bits per heavy atom. The van der Waals surface area contributed by atoms with Gasteiger partial charge in [-0.1, -0.05) is 0 Å². The first-order valence-corrected chi connectivity index (χ1v) is 8.24. The number of hydrogen-bond acceptors (Lipinski definition) is 6. The fourth-order valence-electron chi connectivity index (χ4n) is 2.12. The van der Waals surface area contributed by atoms with Crippen molar-refractivity contribution in [1.82, 2.24) is 0 Å². The number of methoxy groups -OCH3 is 2. The lowest BCUT2D eigenvalue weighted by Crippen LogP contribution is -1.99. The quantitative estimate of drug-likeness (QED) is 0.521. The highest BCUT2D eigenvalue weighted by Gasteiger charge is 2.13. The molecule has 6 nitrogen and oxygen atoms in total. The van der Waals surface area contributed by atoms with E-state index >= 15 is 0 Å². The van der Waals surface area contributed by atoms with Crippen molar-refractivity contribution in [3.05, 3.63) is 47.5 Å². The van der Waals surface area contributed by atoms with Crippen LogP contribution in [0, 0.1) is 0 Å². The van der Waals surface area contributed by atoms with E-state index in [0.29, 0.717) is 34.1 Å². The van der Waals surface area contributed by atoms with Crippen LogP contribution in [0.15, 0.2) is 36.4 Å². The van der Waals surface area contributed by atoms with Crippen LogP contribution in [0.25, 0.3) is 0 Å². The summed E-state index contributed by atoms with van der Waals surface area (Å²) in [5.74, 6) is 1.59. The molecule has 0 fully saturated rings. The average molecular weight is 362 g/mol. The van der Waals surface area contributed by atoms with Crippen LogP contribution in [0.1, 0.15) is 34.6 Å². The Balaban J connectivity index is 2.18. The number of Topliss-reactive ketones (excluding diaryl/α,β-unsaturated/α-hetero) is 2. The molecule has 0 N–H and O–H groups in total. The summed E-state index contributed by atoms with van der Waals surface area (Å²) in [5.41, 5.74) is 0.851. The van der Waals surface area contributed by atoms with Crippen LogP contribution in [-0.2, 0) is 0 Å². The summed E-state index contributed by atoms with van der Waals surface area (Å²) in [7, 11) is 2.60. The third kappa shape index (κ3) is 4.70. The SMILES string of the molecule is COc1ccc(C(C)=O)c(OPOc2cc(OC)ccc2C(C)=O)c1. The van der Waals surface area contributed by atoms with E-state index in [0.717, 1.165) is 0 Å². The van der Waals surface area contributed by atoms with Gasteiger partial charge in [0.25, 0.3) is 9.03 Å². The third-order valence-electron chi connectivity index (χ3n) is 3.44. The Morgan fingerprint density at radius 2 is 1.16 bits per heavy atom. The van der Waals surface area contributed by atoms with Crippen molar-refractivity contribution in [3.63, 3.8) is 0 Å². The molecule has 0 aromatic heterocycles. The monoisotopic (exact) mass is 362 g/mol. The molecule has 0 saturated heterocycles. The second-order valence-electron chi connectivity index (χ2n) is 5.12. The van der Waals surface area contributed by atoms with Crippen LogP contribution in [0.5, 0.6) is 23.0 Å². The Kier molecular flexibility index (Phi) is 6.37. The van der Waals surface area contributed by atoms with Gasteiger partial charge >= 0.3 is 0 Å². The molecule has 0 amide bonds. The maximum atomic E-state index is 11.7. The second-order valence-corrected chi connectivity index (χ2v) is 5.70. The lowest BCUT2D eigenvalue weighted by Gasteiger charge is -2.13. The summed E-state index contributed by atoms with van der Waals surface area (Å²) in [6.45, 7) is 2.91. The smallest absolute Gasteiger partial charge is 0.275 e. The lowest BCUT2D eigenvalue weighted by molar-refractivity contribution is 0.100. The van der Waals surface area contributed by atoms with Crippen molar-refractivity contribution in [1.29, 1.82) is 0 Å². The van der Waals surface area contributed by atoms with Crippen molar-refractivity contribution < 1.29 is 28.1 Å². The minimum absolute atomic E-state index is 0.131. The number of carbonyl (C=O) groups is 2. The predicted molar refractivity (Wildman–Crippen MR) is 95.6 cm³/mol. The van der Waals surface area contributed by atoms with Crippen molar-refractivity contribution in [2.24, 2.45) is 0 Å². The number of carbonyl (C=O) groups excluding carboxylic acids is 2. The Bertz CT molecular complexity index is 722. The van der Waals surface area contributed by atoms with Gasteiger partial charge in [-0.2, -0.15) is 0 Å². The van der Waals surface area contributed by atoms with Gasteiger partial charge < -0.3 is 18.5 Å². The summed E-state index contributed by atoms with van der Waals surface area (Å²) in [4.78, 5) is 23.4. The topological polar surface area (TPSA) is 71.1 Å². The van der Waals surface area contributed by atoms with Crippen LogP contribution in [0.4, 0.5) is 0 Å². The molecule has 0 radical (unpaired) electrons. The van der Waals surface area contributed by atoms with Gasteiger partial charge in [0, 0.05) is 12.1 Å². The van der Waals surface area contributed by atoms with E-state index in [1.165, 1.54) is 28.1 Å². The molecule has 2 rings (SSSR count). The van der Waals surface area contributed by atoms with Crippen LogP contribution in [-0.4, -0.2) is 25.8 Å². The minimum atomic E-state index is -0.455. The second kappa shape index (κ2) is 8.49. The highest BCUT2D eigenvalue weighted by atomic mass is 31.1. The molecule has 0 saturated carbocycles. The number of benzene rings is 2. The fraction of sp³-hybridized carbons (Fsp3) is 0.222. The van der Waals surface area contributed by atoms with Gasteiger partial charge in [0.15, 0.2) is 11.6 Å². The first-order valence-electron chi connectivity index (χ1n) is 7.43. The molecule has 0 heterocycles. The third-order valence-corrected chi connectivity index (χ3v) is 4.05. The van der Waals surface area contributed by atoms with Crippen LogP contribution < -0.4 is 18.5 Å². The molecular formula is C18H19O6P. The number of ketones is 2. The van der Waals surface area contributed by atoms with Gasteiger partial charge in [-0.3, -0.25) is 9.59 Å². The number of rotatable bonds is 8. The molecule has 2 aromatic rings. The minimum Gasteiger partial charge on any atom is -0.497 e. The fourth-order valence-corrected chi connectivity index (χ4v) is 2.68. The molecule has 2 aromatic carbocycles. The van der Waals surface area contributed by atoms with E-state index in [4.69, 9.17) is 18.5 Å². The van der Waals surface area contributed by atoms with Gasteiger partial charge in [-0.25, -0.2) is 0 Å². The van der Waals surface area contributed by atoms with Crippen molar-refractivity contribution >= 4 is 20.6 Å². The number of hydrogen-bond donors (Lipinski definition) is 0. The largest absolute Gasteiger partial charge is 0.497 e. The standard InChI is InChI=1S/C18H19O6P/c1-11(19)15-7-5-13(21-3)9-17(15)23-25-24-18-10-14(22-4)6-8-16(18)12(2)20/h5-10,25H,1-4H3. The Labute approximate surface area is 148 Å². The van der Waals surface area contributed by atoms with Crippen LogP contribution in [0.2, 0.25) is 0 Å². The van der Waals surface area contributed by atoms with E-state index in [1.54, 1.807) is 36.4 Å².